The van der Waals surface area contributed by atoms with Crippen LogP contribution in [0.2, 0.25) is 0 Å². The summed E-state index contributed by atoms with van der Waals surface area (Å²) in [5, 5.41) is 29.5. The quantitative estimate of drug-likeness (QED) is 0.578. The molecule has 0 saturated heterocycles. The number of carbonyl (C=O) groups is 2. The summed E-state index contributed by atoms with van der Waals surface area (Å²) in [6.45, 7) is 1.53. The Labute approximate surface area is 97.5 Å². The lowest BCUT2D eigenvalue weighted by atomic mass is 10.1. The number of carboxylic acid groups (broad SMARTS) is 1. The van der Waals surface area contributed by atoms with Crippen LogP contribution in [0.1, 0.15) is 23.7 Å². The third-order valence-corrected chi connectivity index (χ3v) is 2.08. The molecule has 1 aromatic carbocycles. The minimum absolute atomic E-state index is 0.0951. The zero-order valence-corrected chi connectivity index (χ0v) is 9.17. The lowest BCUT2D eigenvalue weighted by Gasteiger charge is -2.12. The summed E-state index contributed by atoms with van der Waals surface area (Å²) in [4.78, 5) is 22.0. The second kappa shape index (κ2) is 5.20. The first kappa shape index (κ1) is 12.8. The van der Waals surface area contributed by atoms with Crippen molar-refractivity contribution in [3.05, 3.63) is 23.8 Å². The number of carbonyl (C=O) groups excluding carboxylic acids is 1. The van der Waals surface area contributed by atoms with E-state index in [4.69, 9.17) is 5.11 Å². The third-order valence-electron chi connectivity index (χ3n) is 2.08. The molecule has 0 aromatic heterocycles. The van der Waals surface area contributed by atoms with Crippen molar-refractivity contribution in [1.29, 1.82) is 0 Å². The zero-order valence-electron chi connectivity index (χ0n) is 9.17. The molecule has 0 aliphatic carbocycles. The highest BCUT2D eigenvalue weighted by Crippen LogP contribution is 2.21. The highest BCUT2D eigenvalue weighted by Gasteiger charge is 2.15. The van der Waals surface area contributed by atoms with E-state index in [0.717, 1.165) is 6.07 Å². The Morgan fingerprint density at radius 1 is 1.35 bits per heavy atom. The fourth-order valence-electron chi connectivity index (χ4n) is 1.32. The number of aliphatic carboxylic acids is 1. The Hall–Kier alpha value is -2.24. The predicted octanol–water partition coefficient (Wildman–Crippen LogP) is 0.691. The molecule has 6 nitrogen and oxygen atoms in total. The van der Waals surface area contributed by atoms with Crippen molar-refractivity contribution in [2.24, 2.45) is 0 Å². The van der Waals surface area contributed by atoms with Gasteiger partial charge >= 0.3 is 5.97 Å². The predicted molar refractivity (Wildman–Crippen MR) is 59.0 cm³/mol. The highest BCUT2D eigenvalue weighted by atomic mass is 16.4. The SMILES string of the molecule is CC(CC(=O)O)NC(=O)c1cc(O)ccc1O. The number of hydrogen-bond acceptors (Lipinski definition) is 4. The van der Waals surface area contributed by atoms with E-state index in [1.807, 2.05) is 0 Å². The van der Waals surface area contributed by atoms with E-state index in [0.29, 0.717) is 0 Å². The van der Waals surface area contributed by atoms with Crippen LogP contribution in [0.3, 0.4) is 0 Å². The largest absolute Gasteiger partial charge is 0.508 e. The van der Waals surface area contributed by atoms with Crippen LogP contribution in [0.5, 0.6) is 11.5 Å². The second-order valence-corrected chi connectivity index (χ2v) is 3.67. The molecule has 6 heteroatoms. The van der Waals surface area contributed by atoms with E-state index in [9.17, 15) is 19.8 Å². The third kappa shape index (κ3) is 3.67. The first-order valence-electron chi connectivity index (χ1n) is 4.94. The Balaban J connectivity index is 2.76. The minimum atomic E-state index is -1.03. The molecular weight excluding hydrogens is 226 g/mol. The van der Waals surface area contributed by atoms with Gasteiger partial charge in [0.15, 0.2) is 0 Å². The van der Waals surface area contributed by atoms with Gasteiger partial charge < -0.3 is 20.6 Å². The molecule has 0 bridgehead atoms. The normalized spacial score (nSPS) is 11.8. The molecular formula is C11H13NO5. The average Bonchev–Trinajstić information content (AvgIpc) is 2.20. The standard InChI is InChI=1S/C11H13NO5/c1-6(4-10(15)16)12-11(17)8-5-7(13)2-3-9(8)14/h2-3,5-6,13-14H,4H2,1H3,(H,12,17)(H,15,16). The van der Waals surface area contributed by atoms with Gasteiger partial charge in [-0.2, -0.15) is 0 Å². The van der Waals surface area contributed by atoms with Crippen molar-refractivity contribution in [2.45, 2.75) is 19.4 Å². The minimum Gasteiger partial charge on any atom is -0.508 e. The van der Waals surface area contributed by atoms with Gasteiger partial charge in [-0.05, 0) is 25.1 Å². The lowest BCUT2D eigenvalue weighted by Crippen LogP contribution is -2.34. The topological polar surface area (TPSA) is 107 Å². The van der Waals surface area contributed by atoms with Gasteiger partial charge in [0.2, 0.25) is 0 Å². The van der Waals surface area contributed by atoms with E-state index < -0.39 is 17.9 Å². The Kier molecular flexibility index (Phi) is 3.92. The van der Waals surface area contributed by atoms with Gasteiger partial charge in [0.1, 0.15) is 11.5 Å². The molecule has 0 aliphatic rings. The molecule has 0 saturated carbocycles. The Bertz CT molecular complexity index is 443. The van der Waals surface area contributed by atoms with Crippen LogP contribution in [0, 0.1) is 0 Å². The Morgan fingerprint density at radius 2 is 2.00 bits per heavy atom. The van der Waals surface area contributed by atoms with Gasteiger partial charge in [-0.1, -0.05) is 0 Å². The van der Waals surface area contributed by atoms with Gasteiger partial charge in [0.05, 0.1) is 12.0 Å². The van der Waals surface area contributed by atoms with Gasteiger partial charge in [-0.25, -0.2) is 0 Å². The zero-order chi connectivity index (χ0) is 13.0. The van der Waals surface area contributed by atoms with Crippen molar-refractivity contribution in [3.63, 3.8) is 0 Å². The van der Waals surface area contributed by atoms with Gasteiger partial charge in [0.25, 0.3) is 5.91 Å². The van der Waals surface area contributed by atoms with Crippen molar-refractivity contribution in [3.8, 4) is 11.5 Å². The number of phenols is 2. The molecule has 17 heavy (non-hydrogen) atoms. The van der Waals surface area contributed by atoms with E-state index >= 15 is 0 Å². The van der Waals surface area contributed by atoms with Crippen molar-refractivity contribution in [1.82, 2.24) is 5.32 Å². The molecule has 0 radical (unpaired) electrons. The van der Waals surface area contributed by atoms with Crippen LogP contribution in [0.15, 0.2) is 18.2 Å². The molecule has 0 aliphatic heterocycles. The summed E-state index contributed by atoms with van der Waals surface area (Å²) in [5.74, 6) is -2.09. The number of nitrogens with one attached hydrogen (secondary N) is 1. The summed E-state index contributed by atoms with van der Waals surface area (Å²) < 4.78 is 0. The molecule has 92 valence electrons. The monoisotopic (exact) mass is 239 g/mol. The molecule has 4 N–H and O–H groups in total. The van der Waals surface area contributed by atoms with Crippen LogP contribution in [-0.2, 0) is 4.79 Å². The average molecular weight is 239 g/mol. The van der Waals surface area contributed by atoms with Crippen LogP contribution in [-0.4, -0.2) is 33.2 Å². The number of hydrogen-bond donors (Lipinski definition) is 4. The van der Waals surface area contributed by atoms with Crippen molar-refractivity contribution >= 4 is 11.9 Å². The molecule has 1 atom stereocenters. The maximum Gasteiger partial charge on any atom is 0.305 e. The first-order chi connectivity index (χ1) is 7.90. The number of benzene rings is 1. The fourth-order valence-corrected chi connectivity index (χ4v) is 1.32. The van der Waals surface area contributed by atoms with Crippen LogP contribution in [0.25, 0.3) is 0 Å². The summed E-state index contributed by atoms with van der Waals surface area (Å²) >= 11 is 0. The number of phenolic OH excluding ortho intramolecular Hbond substituents is 2. The van der Waals surface area contributed by atoms with Crippen molar-refractivity contribution < 1.29 is 24.9 Å². The summed E-state index contributed by atoms with van der Waals surface area (Å²) in [6.07, 6.45) is -0.217. The van der Waals surface area contributed by atoms with E-state index in [2.05, 4.69) is 5.32 Å². The maximum atomic E-state index is 11.6. The van der Waals surface area contributed by atoms with Gasteiger partial charge in [-0.15, -0.1) is 0 Å². The summed E-state index contributed by atoms with van der Waals surface area (Å²) in [5.41, 5.74) is -0.0951. The Morgan fingerprint density at radius 3 is 2.59 bits per heavy atom. The molecule has 0 spiro atoms. The van der Waals surface area contributed by atoms with Crippen LogP contribution < -0.4 is 5.32 Å². The van der Waals surface area contributed by atoms with E-state index in [-0.39, 0.29) is 23.5 Å². The smallest absolute Gasteiger partial charge is 0.305 e. The molecule has 0 heterocycles. The van der Waals surface area contributed by atoms with Gasteiger partial charge in [0, 0.05) is 6.04 Å². The number of amides is 1. The maximum absolute atomic E-state index is 11.6. The molecule has 1 amide bonds. The van der Waals surface area contributed by atoms with Crippen LogP contribution in [0.4, 0.5) is 0 Å². The van der Waals surface area contributed by atoms with Crippen molar-refractivity contribution in [2.75, 3.05) is 0 Å². The molecule has 0 fully saturated rings. The van der Waals surface area contributed by atoms with Crippen LogP contribution >= 0.6 is 0 Å². The van der Waals surface area contributed by atoms with E-state index in [1.54, 1.807) is 0 Å². The highest BCUT2D eigenvalue weighted by molar-refractivity contribution is 5.97. The summed E-state index contributed by atoms with van der Waals surface area (Å²) in [7, 11) is 0. The summed E-state index contributed by atoms with van der Waals surface area (Å²) in [6, 6.07) is 2.97. The molecule has 1 unspecified atom stereocenters. The molecule has 1 aromatic rings. The van der Waals surface area contributed by atoms with E-state index in [1.165, 1.54) is 19.1 Å². The number of carboxylic acids is 1. The first-order valence-corrected chi connectivity index (χ1v) is 4.94. The second-order valence-electron chi connectivity index (χ2n) is 3.67. The van der Waals surface area contributed by atoms with Gasteiger partial charge in [-0.3, -0.25) is 9.59 Å². The number of aromatic hydroxyl groups is 2. The fraction of sp³-hybridized carbons (Fsp3) is 0.273. The molecule has 1 rings (SSSR count). The number of rotatable bonds is 4. The lowest BCUT2D eigenvalue weighted by molar-refractivity contribution is -0.137.